The summed E-state index contributed by atoms with van der Waals surface area (Å²) in [6.45, 7) is 0. The maximum atomic E-state index is 5.37. The zero-order valence-electron chi connectivity index (χ0n) is 8.32. The summed E-state index contributed by atoms with van der Waals surface area (Å²) in [7, 11) is 0. The van der Waals surface area contributed by atoms with Crippen LogP contribution in [0.25, 0.3) is 0 Å². The van der Waals surface area contributed by atoms with E-state index in [1.54, 1.807) is 0 Å². The lowest BCUT2D eigenvalue weighted by Gasteiger charge is -2.06. The third kappa shape index (κ3) is 1.44. The Morgan fingerprint density at radius 2 is 1.56 bits per heavy atom. The van der Waals surface area contributed by atoms with Gasteiger partial charge < -0.3 is 0 Å². The van der Waals surface area contributed by atoms with Crippen molar-refractivity contribution in [1.82, 2.24) is 0 Å². The molecule has 1 atom stereocenters. The standard InChI is InChI=1S/C12H8S4/c13-9-3-11(15)7-2-8-6(1-5(7)9)10(14)4-12(8)16/h1-2,9,13H,3-4H2. The summed E-state index contributed by atoms with van der Waals surface area (Å²) in [5.74, 6) is 0. The number of hydrogen-bond acceptors (Lipinski definition) is 4. The van der Waals surface area contributed by atoms with Gasteiger partial charge >= 0.3 is 0 Å². The van der Waals surface area contributed by atoms with Crippen molar-refractivity contribution < 1.29 is 0 Å². The maximum absolute atomic E-state index is 5.37. The fourth-order valence-corrected chi connectivity index (χ4v) is 3.91. The molecule has 1 unspecified atom stereocenters. The minimum Gasteiger partial charge on any atom is -0.171 e. The van der Waals surface area contributed by atoms with Gasteiger partial charge in [0.1, 0.15) is 0 Å². The first-order chi connectivity index (χ1) is 7.58. The summed E-state index contributed by atoms with van der Waals surface area (Å²) < 4.78 is 0. The summed E-state index contributed by atoms with van der Waals surface area (Å²) in [5.41, 5.74) is 4.62. The van der Waals surface area contributed by atoms with E-state index < -0.39 is 0 Å². The monoisotopic (exact) mass is 280 g/mol. The van der Waals surface area contributed by atoms with Crippen molar-refractivity contribution in [3.8, 4) is 0 Å². The molecule has 16 heavy (non-hydrogen) atoms. The van der Waals surface area contributed by atoms with Crippen molar-refractivity contribution in [3.63, 3.8) is 0 Å². The second-order valence-electron chi connectivity index (χ2n) is 4.15. The molecular formula is C12H8S4. The van der Waals surface area contributed by atoms with Crippen molar-refractivity contribution in [1.29, 1.82) is 0 Å². The van der Waals surface area contributed by atoms with Crippen molar-refractivity contribution >= 4 is 63.9 Å². The molecule has 0 N–H and O–H groups in total. The highest BCUT2D eigenvalue weighted by atomic mass is 32.1. The van der Waals surface area contributed by atoms with E-state index in [0.717, 1.165) is 44.1 Å². The van der Waals surface area contributed by atoms with Crippen LogP contribution in [-0.2, 0) is 0 Å². The molecule has 0 aliphatic heterocycles. The van der Waals surface area contributed by atoms with Gasteiger partial charge in [-0.2, -0.15) is 12.6 Å². The smallest absolute Gasteiger partial charge is 0.0322 e. The zero-order chi connectivity index (χ0) is 11.4. The molecule has 3 rings (SSSR count). The Bertz CT molecular complexity index is 556. The van der Waals surface area contributed by atoms with Crippen LogP contribution in [0.4, 0.5) is 0 Å². The second kappa shape index (κ2) is 3.67. The minimum atomic E-state index is 0.227. The van der Waals surface area contributed by atoms with Gasteiger partial charge in [-0.05, 0) is 40.8 Å². The largest absolute Gasteiger partial charge is 0.171 e. The minimum absolute atomic E-state index is 0.227. The Kier molecular flexibility index (Phi) is 2.51. The topological polar surface area (TPSA) is 0 Å². The first-order valence-electron chi connectivity index (χ1n) is 5.03. The Labute approximate surface area is 116 Å². The molecule has 0 fully saturated rings. The van der Waals surface area contributed by atoms with E-state index in [1.165, 1.54) is 5.56 Å². The average Bonchev–Trinajstić information content (AvgIpc) is 2.67. The molecular weight excluding hydrogens is 272 g/mol. The van der Waals surface area contributed by atoms with Gasteiger partial charge in [-0.15, -0.1) is 0 Å². The number of hydrogen-bond donors (Lipinski definition) is 1. The van der Waals surface area contributed by atoms with Crippen LogP contribution < -0.4 is 0 Å². The first kappa shape index (κ1) is 11.0. The lowest BCUT2D eigenvalue weighted by Crippen LogP contribution is -1.96. The highest BCUT2D eigenvalue weighted by molar-refractivity contribution is 7.83. The molecule has 0 heterocycles. The number of rotatable bonds is 0. The molecule has 1 aromatic rings. The van der Waals surface area contributed by atoms with E-state index >= 15 is 0 Å². The highest BCUT2D eigenvalue weighted by Gasteiger charge is 2.29. The fraction of sp³-hybridized carbons (Fsp3) is 0.250. The number of fused-ring (bicyclic) bond motifs is 2. The Balaban J connectivity index is 2.29. The van der Waals surface area contributed by atoms with Crippen LogP contribution in [0.15, 0.2) is 12.1 Å². The van der Waals surface area contributed by atoms with Crippen LogP contribution >= 0.6 is 49.3 Å². The van der Waals surface area contributed by atoms with Crippen LogP contribution in [0.1, 0.15) is 40.3 Å². The van der Waals surface area contributed by atoms with Crippen LogP contribution in [0, 0.1) is 0 Å². The molecule has 0 radical (unpaired) electrons. The lowest BCUT2D eigenvalue weighted by atomic mass is 10.0. The van der Waals surface area contributed by atoms with Gasteiger partial charge in [0.05, 0.1) is 0 Å². The Hall–Kier alpha value is -0.160. The molecule has 0 spiro atoms. The summed E-state index contributed by atoms with van der Waals surface area (Å²) >= 11 is 20.6. The third-order valence-corrected chi connectivity index (χ3v) is 4.73. The van der Waals surface area contributed by atoms with Gasteiger partial charge in [-0.1, -0.05) is 36.7 Å². The number of benzene rings is 1. The van der Waals surface area contributed by atoms with Gasteiger partial charge in [0.2, 0.25) is 0 Å². The van der Waals surface area contributed by atoms with Crippen molar-refractivity contribution in [2.24, 2.45) is 0 Å². The van der Waals surface area contributed by atoms with Gasteiger partial charge in [0.15, 0.2) is 0 Å². The predicted octanol–water partition coefficient (Wildman–Crippen LogP) is 3.62. The van der Waals surface area contributed by atoms with Crippen LogP contribution in [0.3, 0.4) is 0 Å². The summed E-state index contributed by atoms with van der Waals surface area (Å²) in [5, 5.41) is 0.227. The fourth-order valence-electron chi connectivity index (χ4n) is 2.33. The molecule has 80 valence electrons. The van der Waals surface area contributed by atoms with Gasteiger partial charge in [-0.3, -0.25) is 0 Å². The zero-order valence-corrected chi connectivity index (χ0v) is 11.7. The molecule has 0 aromatic heterocycles. The molecule has 0 bridgehead atoms. The Morgan fingerprint density at radius 3 is 2.25 bits per heavy atom. The molecule has 0 nitrogen and oxygen atoms in total. The molecule has 4 heteroatoms. The van der Waals surface area contributed by atoms with Crippen LogP contribution in [-0.4, -0.2) is 14.6 Å². The van der Waals surface area contributed by atoms with E-state index in [1.807, 2.05) is 0 Å². The number of thiocarbonyl (C=S) groups is 3. The lowest BCUT2D eigenvalue weighted by molar-refractivity contribution is 1.07. The van der Waals surface area contributed by atoms with E-state index in [9.17, 15) is 0 Å². The number of thiol groups is 1. The van der Waals surface area contributed by atoms with E-state index in [-0.39, 0.29) is 5.25 Å². The van der Waals surface area contributed by atoms with E-state index in [4.69, 9.17) is 36.7 Å². The van der Waals surface area contributed by atoms with Gasteiger partial charge in [0, 0.05) is 26.3 Å². The molecule has 2 aliphatic carbocycles. The second-order valence-corrected chi connectivity index (χ2v) is 6.25. The quantitative estimate of drug-likeness (QED) is 0.570. The van der Waals surface area contributed by atoms with Gasteiger partial charge in [-0.25, -0.2) is 0 Å². The van der Waals surface area contributed by atoms with E-state index in [2.05, 4.69) is 24.8 Å². The summed E-state index contributed by atoms with van der Waals surface area (Å²) in [6, 6.07) is 4.26. The third-order valence-electron chi connectivity index (χ3n) is 3.15. The summed E-state index contributed by atoms with van der Waals surface area (Å²) in [4.78, 5) is 2.91. The van der Waals surface area contributed by atoms with Crippen LogP contribution in [0.2, 0.25) is 0 Å². The average molecular weight is 280 g/mol. The van der Waals surface area contributed by atoms with Crippen molar-refractivity contribution in [2.75, 3.05) is 0 Å². The molecule has 2 aliphatic rings. The first-order valence-corrected chi connectivity index (χ1v) is 6.77. The SMILES string of the molecule is S=C1CC(=S)c2cc3c(cc21)C(=S)CC3S. The normalized spacial score (nSPS) is 22.6. The molecule has 0 amide bonds. The van der Waals surface area contributed by atoms with Crippen molar-refractivity contribution in [3.05, 3.63) is 34.4 Å². The maximum Gasteiger partial charge on any atom is 0.0322 e. The predicted molar refractivity (Wildman–Crippen MR) is 82.5 cm³/mol. The summed E-state index contributed by atoms with van der Waals surface area (Å²) in [6.07, 6.45) is 1.60. The van der Waals surface area contributed by atoms with Gasteiger partial charge in [0.25, 0.3) is 0 Å². The molecule has 1 aromatic carbocycles. The Morgan fingerprint density at radius 1 is 0.938 bits per heavy atom. The van der Waals surface area contributed by atoms with Crippen molar-refractivity contribution in [2.45, 2.75) is 18.1 Å². The van der Waals surface area contributed by atoms with Crippen LogP contribution in [0.5, 0.6) is 0 Å². The molecule has 0 saturated carbocycles. The molecule has 0 saturated heterocycles. The van der Waals surface area contributed by atoms with E-state index in [0.29, 0.717) is 0 Å². The highest BCUT2D eigenvalue weighted by Crippen LogP contribution is 2.39.